The Labute approximate surface area is 219 Å². The van der Waals surface area contributed by atoms with E-state index in [9.17, 15) is 14.7 Å². The zero-order valence-electron chi connectivity index (χ0n) is 18.4. The molecule has 1 saturated heterocycles. The lowest BCUT2D eigenvalue weighted by Gasteiger charge is -2.23. The van der Waals surface area contributed by atoms with Crippen LogP contribution in [0.15, 0.2) is 66.2 Å². The van der Waals surface area contributed by atoms with Crippen molar-refractivity contribution in [2.45, 2.75) is 6.04 Å². The summed E-state index contributed by atoms with van der Waals surface area (Å²) in [6.07, 6.45) is 0. The molecular formula is C26H16Cl2N2O5S. The van der Waals surface area contributed by atoms with Crippen molar-refractivity contribution in [3.63, 3.8) is 0 Å². The Morgan fingerprint density at radius 1 is 0.972 bits per heavy atom. The van der Waals surface area contributed by atoms with Crippen molar-refractivity contribution in [3.05, 3.63) is 87.4 Å². The molecule has 4 aromatic rings. The monoisotopic (exact) mass is 538 g/mol. The van der Waals surface area contributed by atoms with Crippen LogP contribution in [-0.2, 0) is 9.59 Å². The first kappa shape index (κ1) is 22.8. The lowest BCUT2D eigenvalue weighted by atomic mass is 9.95. The number of aromatic nitrogens is 1. The van der Waals surface area contributed by atoms with Crippen LogP contribution in [0.4, 0.5) is 5.13 Å². The second kappa shape index (κ2) is 8.81. The summed E-state index contributed by atoms with van der Waals surface area (Å²) in [6.45, 7) is 0.789. The van der Waals surface area contributed by atoms with Gasteiger partial charge in [-0.25, -0.2) is 4.98 Å². The van der Waals surface area contributed by atoms with Gasteiger partial charge < -0.3 is 14.6 Å². The standard InChI is InChI=1S/C26H16Cl2N2O5S/c27-15-3-1-2-13(10-15)22-21(23(31)14-4-7-18-19(11-14)35-9-8-34-18)24(32)25(33)30(22)26-29-17-6-5-16(28)12-20(17)36-26/h1-7,10-12,22,31H,8-9H2/b23-21+/t22-/m0/s1. The van der Waals surface area contributed by atoms with Crippen molar-refractivity contribution in [2.24, 2.45) is 0 Å². The van der Waals surface area contributed by atoms with Crippen LogP contribution < -0.4 is 14.4 Å². The van der Waals surface area contributed by atoms with Crippen molar-refractivity contribution in [3.8, 4) is 11.5 Å². The van der Waals surface area contributed by atoms with Gasteiger partial charge >= 0.3 is 5.91 Å². The highest BCUT2D eigenvalue weighted by Gasteiger charge is 2.48. The zero-order chi connectivity index (χ0) is 25.0. The van der Waals surface area contributed by atoms with E-state index in [1.165, 1.54) is 16.2 Å². The summed E-state index contributed by atoms with van der Waals surface area (Å²) in [5.74, 6) is -0.976. The van der Waals surface area contributed by atoms with E-state index in [2.05, 4.69) is 4.98 Å². The van der Waals surface area contributed by atoms with Crippen molar-refractivity contribution in [2.75, 3.05) is 18.1 Å². The van der Waals surface area contributed by atoms with Crippen LogP contribution in [-0.4, -0.2) is 35.0 Å². The molecule has 1 amide bonds. The van der Waals surface area contributed by atoms with Gasteiger partial charge in [0, 0.05) is 15.6 Å². The van der Waals surface area contributed by atoms with E-state index in [-0.39, 0.29) is 11.3 Å². The number of anilines is 1. The second-order valence-corrected chi connectivity index (χ2v) is 10.1. The third-order valence-electron chi connectivity index (χ3n) is 5.97. The highest BCUT2D eigenvalue weighted by Crippen LogP contribution is 2.45. The SMILES string of the molecule is O=C1C(=O)N(c2nc3ccc(Cl)cc3s2)[C@@H](c2cccc(Cl)c2)/C1=C(\O)c1ccc2c(c1)OCCO2. The van der Waals surface area contributed by atoms with E-state index in [1.807, 2.05) is 0 Å². The molecule has 2 aliphatic heterocycles. The molecule has 0 saturated carbocycles. The van der Waals surface area contributed by atoms with Crippen molar-refractivity contribution >= 4 is 67.3 Å². The first-order chi connectivity index (χ1) is 17.4. The maximum Gasteiger partial charge on any atom is 0.301 e. The maximum absolute atomic E-state index is 13.4. The number of amides is 1. The van der Waals surface area contributed by atoms with Gasteiger partial charge in [0.25, 0.3) is 5.78 Å². The number of aliphatic hydroxyl groups excluding tert-OH is 1. The van der Waals surface area contributed by atoms with Crippen LogP contribution in [0.25, 0.3) is 16.0 Å². The Kier molecular flexibility index (Phi) is 5.59. The maximum atomic E-state index is 13.4. The largest absolute Gasteiger partial charge is 0.507 e. The van der Waals surface area contributed by atoms with Crippen LogP contribution in [0, 0.1) is 0 Å². The van der Waals surface area contributed by atoms with Crippen molar-refractivity contribution in [1.29, 1.82) is 0 Å². The number of carbonyl (C=O) groups is 2. The number of hydrogen-bond acceptors (Lipinski definition) is 7. The summed E-state index contributed by atoms with van der Waals surface area (Å²) in [5.41, 5.74) is 1.44. The molecule has 3 heterocycles. The Bertz CT molecular complexity index is 1600. The molecule has 0 radical (unpaired) electrons. The second-order valence-electron chi connectivity index (χ2n) is 8.19. The van der Waals surface area contributed by atoms with E-state index >= 15 is 0 Å². The van der Waals surface area contributed by atoms with Gasteiger partial charge in [0.2, 0.25) is 0 Å². The number of Topliss-reactive ketones (excluding diaryl/α,β-unsaturated/α-hetero) is 1. The summed E-state index contributed by atoms with van der Waals surface area (Å²) < 4.78 is 11.9. The molecule has 1 fully saturated rings. The molecule has 2 aliphatic rings. The molecule has 1 atom stereocenters. The highest BCUT2D eigenvalue weighted by molar-refractivity contribution is 7.22. The number of hydrogen-bond donors (Lipinski definition) is 1. The normalized spacial score (nSPS) is 18.7. The first-order valence-electron chi connectivity index (χ1n) is 10.9. The van der Waals surface area contributed by atoms with Gasteiger partial charge in [0.15, 0.2) is 16.6 Å². The minimum atomic E-state index is -0.951. The molecular weight excluding hydrogens is 523 g/mol. The fourth-order valence-corrected chi connectivity index (χ4v) is 5.82. The highest BCUT2D eigenvalue weighted by atomic mass is 35.5. The third-order valence-corrected chi connectivity index (χ3v) is 7.46. The Morgan fingerprint density at radius 2 is 1.75 bits per heavy atom. The van der Waals surface area contributed by atoms with Gasteiger partial charge in [0.1, 0.15) is 19.0 Å². The summed E-state index contributed by atoms with van der Waals surface area (Å²) in [6, 6.07) is 15.9. The van der Waals surface area contributed by atoms with Gasteiger partial charge in [0.05, 0.1) is 21.8 Å². The van der Waals surface area contributed by atoms with E-state index in [0.29, 0.717) is 56.5 Å². The van der Waals surface area contributed by atoms with Crippen LogP contribution in [0.1, 0.15) is 17.2 Å². The predicted molar refractivity (Wildman–Crippen MR) is 138 cm³/mol. The minimum Gasteiger partial charge on any atom is -0.507 e. The number of thiazole rings is 1. The molecule has 180 valence electrons. The third kappa shape index (κ3) is 3.78. The topological polar surface area (TPSA) is 89.0 Å². The first-order valence-corrected chi connectivity index (χ1v) is 12.5. The summed E-state index contributed by atoms with van der Waals surface area (Å²) in [4.78, 5) is 32.7. The van der Waals surface area contributed by atoms with E-state index in [1.54, 1.807) is 60.7 Å². The molecule has 10 heteroatoms. The van der Waals surface area contributed by atoms with Crippen LogP contribution in [0.3, 0.4) is 0 Å². The fraction of sp³-hybridized carbons (Fsp3) is 0.115. The number of aliphatic hydroxyl groups is 1. The lowest BCUT2D eigenvalue weighted by molar-refractivity contribution is -0.132. The van der Waals surface area contributed by atoms with Crippen molar-refractivity contribution < 1.29 is 24.2 Å². The quantitative estimate of drug-likeness (QED) is 0.195. The molecule has 0 spiro atoms. The van der Waals surface area contributed by atoms with Gasteiger partial charge in [-0.2, -0.15) is 0 Å². The Hall–Kier alpha value is -3.59. The zero-order valence-corrected chi connectivity index (χ0v) is 20.7. The van der Waals surface area contributed by atoms with Crippen LogP contribution in [0.2, 0.25) is 10.0 Å². The van der Waals surface area contributed by atoms with Gasteiger partial charge in [-0.3, -0.25) is 14.5 Å². The number of rotatable bonds is 3. The van der Waals surface area contributed by atoms with E-state index in [0.717, 1.165) is 4.70 Å². The molecule has 0 aliphatic carbocycles. The average Bonchev–Trinajstić information content (AvgIpc) is 3.41. The summed E-state index contributed by atoms with van der Waals surface area (Å²) in [7, 11) is 0. The summed E-state index contributed by atoms with van der Waals surface area (Å²) in [5, 5.41) is 12.6. The molecule has 1 aromatic heterocycles. The number of fused-ring (bicyclic) bond motifs is 2. The molecule has 1 N–H and O–H groups in total. The number of benzene rings is 3. The molecule has 3 aromatic carbocycles. The minimum absolute atomic E-state index is 0.0729. The Balaban J connectivity index is 1.54. The van der Waals surface area contributed by atoms with Gasteiger partial charge in [-0.05, 0) is 54.1 Å². The Morgan fingerprint density at radius 3 is 2.56 bits per heavy atom. The molecule has 0 unspecified atom stereocenters. The average molecular weight is 539 g/mol. The number of carbonyl (C=O) groups excluding carboxylic acids is 2. The van der Waals surface area contributed by atoms with Gasteiger partial charge in [-0.1, -0.05) is 46.7 Å². The molecule has 36 heavy (non-hydrogen) atoms. The number of nitrogens with zero attached hydrogens (tertiary/aromatic N) is 2. The van der Waals surface area contributed by atoms with Crippen LogP contribution >= 0.6 is 34.5 Å². The predicted octanol–water partition coefficient (Wildman–Crippen LogP) is 6.00. The lowest BCUT2D eigenvalue weighted by Crippen LogP contribution is -2.29. The molecule has 7 nitrogen and oxygen atoms in total. The number of ether oxygens (including phenoxy) is 2. The fourth-order valence-electron chi connectivity index (χ4n) is 4.36. The number of ketones is 1. The van der Waals surface area contributed by atoms with Crippen LogP contribution in [0.5, 0.6) is 11.5 Å². The van der Waals surface area contributed by atoms with Gasteiger partial charge in [-0.15, -0.1) is 0 Å². The van der Waals surface area contributed by atoms with E-state index in [4.69, 9.17) is 32.7 Å². The smallest absolute Gasteiger partial charge is 0.301 e. The van der Waals surface area contributed by atoms with Crippen molar-refractivity contribution in [1.82, 2.24) is 4.98 Å². The summed E-state index contributed by atoms with van der Waals surface area (Å²) >= 11 is 13.6. The molecule has 0 bridgehead atoms. The number of halogens is 2. The molecule has 6 rings (SSSR count). The van der Waals surface area contributed by atoms with E-state index < -0.39 is 17.7 Å².